The van der Waals surface area contributed by atoms with Gasteiger partial charge in [-0.15, -0.1) is 0 Å². The Morgan fingerprint density at radius 1 is 1.09 bits per heavy atom. The number of ketones is 1. The number of hydrogen-bond acceptors (Lipinski definition) is 5. The minimum atomic E-state index is -1.07. The molecule has 2 heterocycles. The molecule has 8 nitrogen and oxygen atoms in total. The van der Waals surface area contributed by atoms with Gasteiger partial charge in [0.1, 0.15) is 12.1 Å². The second-order valence-electron chi connectivity index (χ2n) is 9.14. The molecule has 8 heteroatoms. The third-order valence-corrected chi connectivity index (χ3v) is 6.32. The van der Waals surface area contributed by atoms with Gasteiger partial charge in [-0.05, 0) is 45.1 Å². The zero-order valence-corrected chi connectivity index (χ0v) is 19.1. The van der Waals surface area contributed by atoms with E-state index in [4.69, 9.17) is 0 Å². The molecule has 2 saturated heterocycles. The molecule has 3 amide bonds. The van der Waals surface area contributed by atoms with E-state index in [0.29, 0.717) is 32.2 Å². The molecule has 174 valence electrons. The van der Waals surface area contributed by atoms with E-state index in [-0.39, 0.29) is 30.0 Å². The molecule has 2 unspecified atom stereocenters. The third-order valence-electron chi connectivity index (χ3n) is 6.32. The van der Waals surface area contributed by atoms with Gasteiger partial charge in [0.05, 0.1) is 18.1 Å². The van der Waals surface area contributed by atoms with E-state index in [2.05, 4.69) is 16.0 Å². The van der Waals surface area contributed by atoms with Crippen molar-refractivity contribution in [1.82, 2.24) is 20.9 Å². The number of amides is 3. The highest BCUT2D eigenvalue weighted by molar-refractivity contribution is 5.97. The largest absolute Gasteiger partial charge is 0.344 e. The standard InChI is InChI=1S/C24H34N4O4/c1-4-17-20(29)15-25-24(2,3)23(32)27-18(14-16-10-7-5-6-8-11-16)22(31)28-13-9-12-19(28)21(30)26-17/h5,7-8,10-11,17-19,25H,4,6,9,12-15H2,1-3H3,(H,26,30)(H,27,32)/t17?,18?,19-/m1/s1. The first-order valence-electron chi connectivity index (χ1n) is 11.4. The van der Waals surface area contributed by atoms with Gasteiger partial charge in [0.15, 0.2) is 5.78 Å². The lowest BCUT2D eigenvalue weighted by Gasteiger charge is -2.31. The van der Waals surface area contributed by atoms with Gasteiger partial charge < -0.3 is 15.5 Å². The number of rotatable bonds is 3. The Labute approximate surface area is 189 Å². The average molecular weight is 443 g/mol. The topological polar surface area (TPSA) is 108 Å². The van der Waals surface area contributed by atoms with Gasteiger partial charge in [0.2, 0.25) is 17.7 Å². The van der Waals surface area contributed by atoms with Crippen molar-refractivity contribution in [2.45, 2.75) is 76.5 Å². The summed E-state index contributed by atoms with van der Waals surface area (Å²) in [6.45, 7) is 5.59. The van der Waals surface area contributed by atoms with Crippen molar-refractivity contribution in [3.8, 4) is 0 Å². The summed E-state index contributed by atoms with van der Waals surface area (Å²) in [6, 6.07) is -2.10. The number of Topliss-reactive ketones (excluding diaryl/α,β-unsaturated/α-hetero) is 1. The number of carbonyl (C=O) groups excluding carboxylic acids is 4. The molecule has 0 spiro atoms. The maximum atomic E-state index is 13.6. The number of hydrogen-bond donors (Lipinski definition) is 3. The van der Waals surface area contributed by atoms with Crippen molar-refractivity contribution in [2.75, 3.05) is 13.1 Å². The molecule has 0 aromatic rings. The SMILES string of the molecule is CCC1NC(=O)[C@H]2CCCN2C(=O)C(CC2=CC=CCC=C2)NC(=O)C(C)(C)NCC1=O. The zero-order valence-electron chi connectivity index (χ0n) is 19.1. The molecule has 0 bridgehead atoms. The van der Waals surface area contributed by atoms with Crippen LogP contribution in [0, 0.1) is 0 Å². The van der Waals surface area contributed by atoms with E-state index in [1.54, 1.807) is 18.7 Å². The van der Waals surface area contributed by atoms with Crippen LogP contribution in [0.15, 0.2) is 36.0 Å². The van der Waals surface area contributed by atoms with Crippen molar-refractivity contribution in [2.24, 2.45) is 0 Å². The lowest BCUT2D eigenvalue weighted by Crippen LogP contribution is -2.59. The first-order chi connectivity index (χ1) is 15.2. The van der Waals surface area contributed by atoms with Crippen molar-refractivity contribution in [3.63, 3.8) is 0 Å². The van der Waals surface area contributed by atoms with Crippen molar-refractivity contribution in [1.29, 1.82) is 0 Å². The monoisotopic (exact) mass is 442 g/mol. The maximum absolute atomic E-state index is 13.6. The fraction of sp³-hybridized carbons (Fsp3) is 0.583. The fourth-order valence-electron chi connectivity index (χ4n) is 4.23. The minimum Gasteiger partial charge on any atom is -0.344 e. The van der Waals surface area contributed by atoms with Crippen molar-refractivity contribution >= 4 is 23.5 Å². The summed E-state index contributed by atoms with van der Waals surface area (Å²) in [4.78, 5) is 54.0. The van der Waals surface area contributed by atoms with Gasteiger partial charge >= 0.3 is 0 Å². The molecule has 3 N–H and O–H groups in total. The maximum Gasteiger partial charge on any atom is 0.246 e. The highest BCUT2D eigenvalue weighted by Gasteiger charge is 2.40. The van der Waals surface area contributed by atoms with Gasteiger partial charge in [-0.25, -0.2) is 0 Å². The summed E-state index contributed by atoms with van der Waals surface area (Å²) in [5.41, 5.74) is -0.142. The van der Waals surface area contributed by atoms with E-state index in [0.717, 1.165) is 12.0 Å². The molecular formula is C24H34N4O4. The summed E-state index contributed by atoms with van der Waals surface area (Å²) < 4.78 is 0. The Hall–Kier alpha value is -2.74. The van der Waals surface area contributed by atoms with Crippen molar-refractivity contribution < 1.29 is 19.2 Å². The van der Waals surface area contributed by atoms with Crippen LogP contribution in [-0.2, 0) is 19.2 Å². The predicted octanol–water partition coefficient (Wildman–Crippen LogP) is 1.14. The Morgan fingerprint density at radius 2 is 1.88 bits per heavy atom. The zero-order chi connectivity index (χ0) is 23.3. The molecule has 3 rings (SSSR count). The highest BCUT2D eigenvalue weighted by Crippen LogP contribution is 2.22. The predicted molar refractivity (Wildman–Crippen MR) is 122 cm³/mol. The smallest absolute Gasteiger partial charge is 0.246 e. The minimum absolute atomic E-state index is 0.0507. The van der Waals surface area contributed by atoms with E-state index in [9.17, 15) is 19.2 Å². The quantitative estimate of drug-likeness (QED) is 0.608. The van der Waals surface area contributed by atoms with E-state index < -0.39 is 23.7 Å². The summed E-state index contributed by atoms with van der Waals surface area (Å²) in [5, 5.41) is 8.72. The van der Waals surface area contributed by atoms with Crippen LogP contribution in [0.4, 0.5) is 0 Å². The summed E-state index contributed by atoms with van der Waals surface area (Å²) in [7, 11) is 0. The number of nitrogens with one attached hydrogen (secondary N) is 3. The molecule has 32 heavy (non-hydrogen) atoms. The van der Waals surface area contributed by atoms with E-state index >= 15 is 0 Å². The average Bonchev–Trinajstić information content (AvgIpc) is 3.12. The first kappa shape index (κ1) is 23.9. The molecule has 1 aliphatic carbocycles. The molecule has 2 aliphatic heterocycles. The van der Waals surface area contributed by atoms with Gasteiger partial charge in [0, 0.05) is 13.0 Å². The first-order valence-corrected chi connectivity index (χ1v) is 11.4. The van der Waals surface area contributed by atoms with Crippen LogP contribution < -0.4 is 16.0 Å². The van der Waals surface area contributed by atoms with E-state index in [1.807, 2.05) is 37.3 Å². The molecule has 2 fully saturated rings. The highest BCUT2D eigenvalue weighted by atomic mass is 16.2. The molecule has 3 aliphatic rings. The lowest BCUT2D eigenvalue weighted by atomic mass is 9.99. The third kappa shape index (κ3) is 5.54. The van der Waals surface area contributed by atoms with Crippen LogP contribution >= 0.6 is 0 Å². The molecule has 0 aromatic heterocycles. The van der Waals surface area contributed by atoms with E-state index in [1.165, 1.54) is 0 Å². The number of carbonyl (C=O) groups is 4. The number of allylic oxidation sites excluding steroid dienone is 5. The van der Waals surface area contributed by atoms with Gasteiger partial charge in [-0.3, -0.25) is 24.5 Å². The lowest BCUT2D eigenvalue weighted by molar-refractivity contribution is -0.142. The van der Waals surface area contributed by atoms with Gasteiger partial charge in [0.25, 0.3) is 0 Å². The number of fused-ring (bicyclic) bond motifs is 1. The Kier molecular flexibility index (Phi) is 7.66. The molecular weight excluding hydrogens is 408 g/mol. The normalized spacial score (nSPS) is 29.2. The molecule has 0 radical (unpaired) electrons. The molecule has 0 aromatic carbocycles. The van der Waals surface area contributed by atoms with Crippen LogP contribution in [0.25, 0.3) is 0 Å². The summed E-state index contributed by atoms with van der Waals surface area (Å²) in [5.74, 6) is -1.13. The van der Waals surface area contributed by atoms with Crippen LogP contribution in [0.3, 0.4) is 0 Å². The van der Waals surface area contributed by atoms with Crippen LogP contribution in [0.5, 0.6) is 0 Å². The second kappa shape index (κ2) is 10.3. The van der Waals surface area contributed by atoms with Gasteiger partial charge in [-0.2, -0.15) is 0 Å². The van der Waals surface area contributed by atoms with Crippen LogP contribution in [0.2, 0.25) is 0 Å². The fourth-order valence-corrected chi connectivity index (χ4v) is 4.23. The summed E-state index contributed by atoms with van der Waals surface area (Å²) >= 11 is 0. The Morgan fingerprint density at radius 3 is 2.62 bits per heavy atom. The number of nitrogens with zero attached hydrogens (tertiary/aromatic N) is 1. The Bertz CT molecular complexity index is 858. The van der Waals surface area contributed by atoms with Gasteiger partial charge in [-0.1, -0.05) is 37.3 Å². The second-order valence-corrected chi connectivity index (χ2v) is 9.14. The molecule has 0 saturated carbocycles. The Balaban J connectivity index is 1.94. The molecule has 3 atom stereocenters. The van der Waals surface area contributed by atoms with Crippen LogP contribution in [-0.4, -0.2) is 65.2 Å². The van der Waals surface area contributed by atoms with Crippen LogP contribution in [0.1, 0.15) is 52.9 Å². The van der Waals surface area contributed by atoms with Crippen molar-refractivity contribution in [3.05, 3.63) is 36.0 Å². The summed E-state index contributed by atoms with van der Waals surface area (Å²) in [6.07, 6.45) is 12.7.